The average Bonchev–Trinajstić information content (AvgIpc) is 2.68. The van der Waals surface area contributed by atoms with E-state index in [0.717, 1.165) is 18.7 Å². The molecule has 1 fully saturated rings. The van der Waals surface area contributed by atoms with E-state index in [9.17, 15) is 14.0 Å². The van der Waals surface area contributed by atoms with Crippen LogP contribution in [-0.2, 0) is 4.79 Å². The molecule has 1 atom stereocenters. The Bertz CT molecular complexity index is 806. The number of hydrogen-bond donors (Lipinski definition) is 1. The van der Waals surface area contributed by atoms with Crippen molar-refractivity contribution in [2.24, 2.45) is 5.92 Å². The van der Waals surface area contributed by atoms with Gasteiger partial charge in [0.1, 0.15) is 11.6 Å². The van der Waals surface area contributed by atoms with Gasteiger partial charge in [0.15, 0.2) is 0 Å². The van der Waals surface area contributed by atoms with Gasteiger partial charge in [0.25, 0.3) is 5.91 Å². The molecule has 3 rings (SSSR count). The highest BCUT2D eigenvalue weighted by Crippen LogP contribution is 2.21. The Kier molecular flexibility index (Phi) is 5.69. The van der Waals surface area contributed by atoms with Crippen LogP contribution in [0.3, 0.4) is 0 Å². The highest BCUT2D eigenvalue weighted by molar-refractivity contribution is 5.96. The van der Waals surface area contributed by atoms with E-state index >= 15 is 0 Å². The van der Waals surface area contributed by atoms with Gasteiger partial charge in [-0.3, -0.25) is 9.59 Å². The van der Waals surface area contributed by atoms with Crippen molar-refractivity contribution in [3.8, 4) is 0 Å². The maximum Gasteiger partial charge on any atom is 0.253 e. The molecule has 1 aromatic carbocycles. The Hall–Kier alpha value is -2.96. The summed E-state index contributed by atoms with van der Waals surface area (Å²) in [5.74, 6) is -0.148. The van der Waals surface area contributed by atoms with Crippen LogP contribution in [0.1, 0.15) is 23.2 Å². The zero-order valence-electron chi connectivity index (χ0n) is 15.5. The Morgan fingerprint density at radius 3 is 2.56 bits per heavy atom. The molecule has 1 N–H and O–H groups in total. The van der Waals surface area contributed by atoms with Gasteiger partial charge in [-0.2, -0.15) is 0 Å². The first-order valence-corrected chi connectivity index (χ1v) is 8.93. The predicted octanol–water partition coefficient (Wildman–Crippen LogP) is 2.78. The van der Waals surface area contributed by atoms with E-state index in [0.29, 0.717) is 24.3 Å². The van der Waals surface area contributed by atoms with Gasteiger partial charge in [0, 0.05) is 32.7 Å². The van der Waals surface area contributed by atoms with E-state index in [2.05, 4.69) is 10.3 Å². The normalized spacial score (nSPS) is 16.7. The minimum atomic E-state index is -0.378. The molecular formula is C20H23FN4O2. The number of nitrogens with one attached hydrogen (secondary N) is 1. The maximum atomic E-state index is 13.1. The lowest BCUT2D eigenvalue weighted by molar-refractivity contribution is -0.121. The first-order valence-electron chi connectivity index (χ1n) is 8.93. The van der Waals surface area contributed by atoms with E-state index in [1.807, 2.05) is 31.1 Å². The summed E-state index contributed by atoms with van der Waals surface area (Å²) in [7, 11) is 3.80. The molecule has 1 saturated heterocycles. The second-order valence-electron chi connectivity index (χ2n) is 6.89. The van der Waals surface area contributed by atoms with Gasteiger partial charge in [0.05, 0.1) is 17.8 Å². The van der Waals surface area contributed by atoms with Crippen LogP contribution in [0.4, 0.5) is 15.9 Å². The number of likely N-dealkylation sites (tertiary alicyclic amines) is 1. The molecule has 6 nitrogen and oxygen atoms in total. The monoisotopic (exact) mass is 370 g/mol. The van der Waals surface area contributed by atoms with Crippen molar-refractivity contribution in [2.45, 2.75) is 12.8 Å². The number of rotatable bonds is 4. The second-order valence-corrected chi connectivity index (χ2v) is 6.89. The first kappa shape index (κ1) is 18.8. The quantitative estimate of drug-likeness (QED) is 0.899. The molecule has 0 saturated carbocycles. The van der Waals surface area contributed by atoms with Gasteiger partial charge in [0.2, 0.25) is 5.91 Å². The van der Waals surface area contributed by atoms with Gasteiger partial charge in [-0.15, -0.1) is 0 Å². The highest BCUT2D eigenvalue weighted by atomic mass is 19.1. The number of pyridine rings is 1. The molecule has 1 aliphatic rings. The standard InChI is InChI=1S/C20H23FN4O2/c1-24(2)18-10-9-17(12-22-18)23-19(26)15-4-3-11-25(13-15)20(27)14-5-7-16(21)8-6-14/h5-10,12,15H,3-4,11,13H2,1-2H3,(H,23,26)/t15-/m1/s1. The van der Waals surface area contributed by atoms with Crippen LogP contribution in [0.2, 0.25) is 0 Å². The molecule has 2 heterocycles. The summed E-state index contributed by atoms with van der Waals surface area (Å²) < 4.78 is 13.1. The van der Waals surface area contributed by atoms with Crippen LogP contribution >= 0.6 is 0 Å². The number of carbonyl (C=O) groups excluding carboxylic acids is 2. The van der Waals surface area contributed by atoms with E-state index in [1.54, 1.807) is 11.1 Å². The summed E-state index contributed by atoms with van der Waals surface area (Å²) in [6, 6.07) is 9.13. The van der Waals surface area contributed by atoms with Crippen LogP contribution < -0.4 is 10.2 Å². The third-order valence-corrected chi connectivity index (χ3v) is 4.64. The van der Waals surface area contributed by atoms with E-state index in [1.165, 1.54) is 24.3 Å². The molecule has 0 spiro atoms. The third-order valence-electron chi connectivity index (χ3n) is 4.64. The van der Waals surface area contributed by atoms with Crippen molar-refractivity contribution in [1.29, 1.82) is 0 Å². The fraction of sp³-hybridized carbons (Fsp3) is 0.350. The summed E-state index contributed by atoms with van der Waals surface area (Å²) >= 11 is 0. The van der Waals surface area contributed by atoms with Crippen molar-refractivity contribution in [3.05, 3.63) is 54.0 Å². The van der Waals surface area contributed by atoms with Gasteiger partial charge < -0.3 is 15.1 Å². The molecule has 1 aromatic heterocycles. The summed E-state index contributed by atoms with van der Waals surface area (Å²) in [4.78, 5) is 33.0. The number of carbonyl (C=O) groups is 2. The van der Waals surface area contributed by atoms with Crippen LogP contribution in [-0.4, -0.2) is 48.9 Å². The van der Waals surface area contributed by atoms with Gasteiger partial charge >= 0.3 is 0 Å². The maximum absolute atomic E-state index is 13.1. The molecule has 7 heteroatoms. The fourth-order valence-electron chi connectivity index (χ4n) is 3.12. The molecule has 0 radical (unpaired) electrons. The van der Waals surface area contributed by atoms with Crippen LogP contribution in [0, 0.1) is 11.7 Å². The summed E-state index contributed by atoms with van der Waals surface area (Å²) in [6.07, 6.45) is 3.10. The fourth-order valence-corrected chi connectivity index (χ4v) is 3.12. The number of nitrogens with zero attached hydrogens (tertiary/aromatic N) is 3. The molecule has 0 unspecified atom stereocenters. The van der Waals surface area contributed by atoms with Crippen LogP contribution in [0.15, 0.2) is 42.6 Å². The number of amides is 2. The summed E-state index contributed by atoms with van der Waals surface area (Å²) in [6.45, 7) is 0.949. The van der Waals surface area contributed by atoms with Crippen molar-refractivity contribution < 1.29 is 14.0 Å². The zero-order chi connectivity index (χ0) is 19.4. The Morgan fingerprint density at radius 1 is 1.19 bits per heavy atom. The lowest BCUT2D eigenvalue weighted by atomic mass is 9.96. The van der Waals surface area contributed by atoms with Gasteiger partial charge in [-0.25, -0.2) is 9.37 Å². The third kappa shape index (κ3) is 4.61. The lowest BCUT2D eigenvalue weighted by Crippen LogP contribution is -2.43. The molecule has 2 amide bonds. The number of hydrogen-bond acceptors (Lipinski definition) is 4. The topological polar surface area (TPSA) is 65.5 Å². The number of aromatic nitrogens is 1. The Morgan fingerprint density at radius 2 is 1.93 bits per heavy atom. The summed E-state index contributed by atoms with van der Waals surface area (Å²) in [5, 5.41) is 2.88. The lowest BCUT2D eigenvalue weighted by Gasteiger charge is -2.32. The molecule has 0 aliphatic carbocycles. The smallest absolute Gasteiger partial charge is 0.253 e. The summed E-state index contributed by atoms with van der Waals surface area (Å²) in [5.41, 5.74) is 1.06. The molecule has 27 heavy (non-hydrogen) atoms. The van der Waals surface area contributed by atoms with E-state index < -0.39 is 0 Å². The highest BCUT2D eigenvalue weighted by Gasteiger charge is 2.29. The first-order chi connectivity index (χ1) is 12.9. The molecular weight excluding hydrogens is 347 g/mol. The van der Waals surface area contributed by atoms with E-state index in [4.69, 9.17) is 0 Å². The Labute approximate surface area is 158 Å². The number of piperidine rings is 1. The average molecular weight is 370 g/mol. The van der Waals surface area contributed by atoms with Gasteiger partial charge in [-0.1, -0.05) is 0 Å². The predicted molar refractivity (Wildman–Crippen MR) is 102 cm³/mol. The molecule has 142 valence electrons. The zero-order valence-corrected chi connectivity index (χ0v) is 15.5. The largest absolute Gasteiger partial charge is 0.363 e. The van der Waals surface area contributed by atoms with Crippen LogP contribution in [0.25, 0.3) is 0 Å². The molecule has 0 bridgehead atoms. The molecule has 2 aromatic rings. The minimum Gasteiger partial charge on any atom is -0.363 e. The van der Waals surface area contributed by atoms with Crippen molar-refractivity contribution in [3.63, 3.8) is 0 Å². The van der Waals surface area contributed by atoms with Crippen molar-refractivity contribution in [2.75, 3.05) is 37.4 Å². The second kappa shape index (κ2) is 8.16. The Balaban J connectivity index is 1.62. The van der Waals surface area contributed by atoms with E-state index in [-0.39, 0.29) is 23.5 Å². The van der Waals surface area contributed by atoms with Crippen molar-refractivity contribution >= 4 is 23.3 Å². The van der Waals surface area contributed by atoms with Gasteiger partial charge in [-0.05, 0) is 49.2 Å². The number of benzene rings is 1. The van der Waals surface area contributed by atoms with Crippen LogP contribution in [0.5, 0.6) is 0 Å². The molecule has 1 aliphatic heterocycles. The van der Waals surface area contributed by atoms with Crippen molar-refractivity contribution in [1.82, 2.24) is 9.88 Å². The SMILES string of the molecule is CN(C)c1ccc(NC(=O)[C@@H]2CCCN(C(=O)c3ccc(F)cc3)C2)cn1. The number of halogens is 1. The number of anilines is 2. The minimum absolute atomic E-state index is 0.119.